The number of rotatable bonds is 11. The number of ether oxygens (including phenoxy) is 1. The molecule has 0 saturated carbocycles. The first-order chi connectivity index (χ1) is 17.9. The van der Waals surface area contributed by atoms with Gasteiger partial charge in [0.2, 0.25) is 11.8 Å². The summed E-state index contributed by atoms with van der Waals surface area (Å²) in [4.78, 5) is 28.8. The molecule has 2 aliphatic rings. The van der Waals surface area contributed by atoms with Crippen molar-refractivity contribution in [2.45, 2.75) is 64.3 Å². The Morgan fingerprint density at radius 2 is 1.86 bits per heavy atom. The lowest BCUT2D eigenvalue weighted by molar-refractivity contribution is -0.135. The first-order valence-electron chi connectivity index (χ1n) is 13.4. The third-order valence-corrected chi connectivity index (χ3v) is 7.59. The third kappa shape index (κ3) is 8.19. The summed E-state index contributed by atoms with van der Waals surface area (Å²) in [5, 5.41) is 3.92. The summed E-state index contributed by atoms with van der Waals surface area (Å²) in [6, 6.07) is 16.5. The molecule has 2 saturated heterocycles. The first-order valence-corrected chi connectivity index (χ1v) is 13.7. The van der Waals surface area contributed by atoms with Gasteiger partial charge in [0.25, 0.3) is 0 Å². The number of nitrogens with two attached hydrogens (primary N) is 1. The van der Waals surface area contributed by atoms with E-state index in [9.17, 15) is 9.59 Å². The molecular formula is C29H39ClN4O3. The van der Waals surface area contributed by atoms with Gasteiger partial charge in [0.15, 0.2) is 0 Å². The molecule has 2 fully saturated rings. The van der Waals surface area contributed by atoms with Crippen LogP contribution in [0.4, 0.5) is 0 Å². The SMILES string of the molecule is C[C@@H](CC(N)=O)CC(=O)N(Cc1ccc(OC2CCN(Cc3ccccc3)CC2)c(Cl)c1)C1CCNC1. The molecule has 4 rings (SSSR count). The Labute approximate surface area is 225 Å². The maximum absolute atomic E-state index is 13.2. The predicted molar refractivity (Wildman–Crippen MR) is 146 cm³/mol. The molecule has 0 aliphatic carbocycles. The largest absolute Gasteiger partial charge is 0.489 e. The number of hydrogen-bond acceptors (Lipinski definition) is 5. The highest BCUT2D eigenvalue weighted by molar-refractivity contribution is 6.32. The van der Waals surface area contributed by atoms with Gasteiger partial charge in [0.1, 0.15) is 11.9 Å². The lowest BCUT2D eigenvalue weighted by Gasteiger charge is -2.32. The van der Waals surface area contributed by atoms with E-state index in [4.69, 9.17) is 22.1 Å². The van der Waals surface area contributed by atoms with Crippen LogP contribution in [0, 0.1) is 5.92 Å². The summed E-state index contributed by atoms with van der Waals surface area (Å²) in [6.07, 6.45) is 3.50. The van der Waals surface area contributed by atoms with E-state index >= 15 is 0 Å². The molecule has 0 bridgehead atoms. The number of benzene rings is 2. The number of hydrogen-bond donors (Lipinski definition) is 2. The van der Waals surface area contributed by atoms with E-state index in [2.05, 4.69) is 34.5 Å². The van der Waals surface area contributed by atoms with Crippen LogP contribution in [0.15, 0.2) is 48.5 Å². The number of carbonyl (C=O) groups excluding carboxylic acids is 2. The molecule has 0 spiro atoms. The van der Waals surface area contributed by atoms with E-state index in [1.807, 2.05) is 36.1 Å². The van der Waals surface area contributed by atoms with Crippen LogP contribution in [0.2, 0.25) is 5.02 Å². The predicted octanol–water partition coefficient (Wildman–Crippen LogP) is 3.98. The quantitative estimate of drug-likeness (QED) is 0.462. The fourth-order valence-electron chi connectivity index (χ4n) is 5.30. The van der Waals surface area contributed by atoms with Crippen LogP contribution >= 0.6 is 11.6 Å². The smallest absolute Gasteiger partial charge is 0.223 e. The third-order valence-electron chi connectivity index (χ3n) is 7.29. The van der Waals surface area contributed by atoms with Gasteiger partial charge in [-0.15, -0.1) is 0 Å². The summed E-state index contributed by atoms with van der Waals surface area (Å²) in [6.45, 7) is 6.99. The fraction of sp³-hybridized carbons (Fsp3) is 0.517. The van der Waals surface area contributed by atoms with E-state index in [-0.39, 0.29) is 36.3 Å². The Morgan fingerprint density at radius 1 is 1.11 bits per heavy atom. The first kappa shape index (κ1) is 27.4. The highest BCUT2D eigenvalue weighted by atomic mass is 35.5. The van der Waals surface area contributed by atoms with Gasteiger partial charge in [-0.05, 0) is 55.0 Å². The van der Waals surface area contributed by atoms with Crippen LogP contribution < -0.4 is 15.8 Å². The molecular weight excluding hydrogens is 488 g/mol. The number of carbonyl (C=O) groups is 2. The highest BCUT2D eigenvalue weighted by Gasteiger charge is 2.28. The topological polar surface area (TPSA) is 87.9 Å². The molecule has 2 atom stereocenters. The minimum atomic E-state index is -0.376. The molecule has 200 valence electrons. The molecule has 2 heterocycles. The van der Waals surface area contributed by atoms with E-state index in [0.29, 0.717) is 23.7 Å². The van der Waals surface area contributed by atoms with Crippen LogP contribution in [0.3, 0.4) is 0 Å². The molecule has 2 aromatic carbocycles. The standard InChI is InChI=1S/C29H39ClN4O3/c1-21(15-28(31)35)16-29(36)34(24-9-12-32-18-24)20-23-7-8-27(26(30)17-23)37-25-10-13-33(14-11-25)19-22-5-3-2-4-6-22/h2-8,17,21,24-25,32H,9-16,18-20H2,1H3,(H2,31,35)/t21-,24?/m0/s1. The molecule has 0 aromatic heterocycles. The van der Waals surface area contributed by atoms with Crippen LogP contribution in [0.5, 0.6) is 5.75 Å². The van der Waals surface area contributed by atoms with Crippen LogP contribution in [0.25, 0.3) is 0 Å². The number of halogens is 1. The molecule has 2 amide bonds. The average Bonchev–Trinajstić information content (AvgIpc) is 3.40. The monoisotopic (exact) mass is 526 g/mol. The number of piperidine rings is 1. The van der Waals surface area contributed by atoms with Crippen molar-refractivity contribution in [2.75, 3.05) is 26.2 Å². The maximum atomic E-state index is 13.2. The summed E-state index contributed by atoms with van der Waals surface area (Å²) in [7, 11) is 0. The second-order valence-electron chi connectivity index (χ2n) is 10.5. The van der Waals surface area contributed by atoms with Crippen LogP contribution in [0.1, 0.15) is 50.2 Å². The Hall–Kier alpha value is -2.61. The molecule has 37 heavy (non-hydrogen) atoms. The second kappa shape index (κ2) is 13.3. The van der Waals surface area contributed by atoms with Crippen molar-refractivity contribution in [3.8, 4) is 5.75 Å². The van der Waals surface area contributed by atoms with Gasteiger partial charge < -0.3 is 20.7 Å². The number of primary amides is 1. The van der Waals surface area contributed by atoms with Gasteiger partial charge in [-0.25, -0.2) is 0 Å². The molecule has 1 unspecified atom stereocenters. The zero-order valence-electron chi connectivity index (χ0n) is 21.7. The zero-order valence-corrected chi connectivity index (χ0v) is 22.5. The second-order valence-corrected chi connectivity index (χ2v) is 10.9. The maximum Gasteiger partial charge on any atom is 0.223 e. The van der Waals surface area contributed by atoms with Crippen molar-refractivity contribution < 1.29 is 14.3 Å². The van der Waals surface area contributed by atoms with Crippen molar-refractivity contribution in [1.29, 1.82) is 0 Å². The molecule has 2 aliphatic heterocycles. The van der Waals surface area contributed by atoms with Crippen LogP contribution in [-0.4, -0.2) is 59.9 Å². The van der Waals surface area contributed by atoms with Gasteiger partial charge in [-0.1, -0.05) is 54.9 Å². The van der Waals surface area contributed by atoms with Crippen molar-refractivity contribution in [3.63, 3.8) is 0 Å². The number of nitrogens with zero attached hydrogens (tertiary/aromatic N) is 2. The van der Waals surface area contributed by atoms with Gasteiger partial charge in [-0.2, -0.15) is 0 Å². The Balaban J connectivity index is 1.32. The number of nitrogens with one attached hydrogen (secondary N) is 1. The Kier molecular flexibility index (Phi) is 9.83. The number of amides is 2. The minimum absolute atomic E-state index is 0.0427. The van der Waals surface area contributed by atoms with E-state index in [0.717, 1.165) is 57.5 Å². The average molecular weight is 527 g/mol. The normalized spacial score (nSPS) is 19.5. The molecule has 0 radical (unpaired) electrons. The van der Waals surface area contributed by atoms with Crippen LogP contribution in [-0.2, 0) is 22.7 Å². The zero-order chi connectivity index (χ0) is 26.2. The van der Waals surface area contributed by atoms with Crippen molar-refractivity contribution in [2.24, 2.45) is 11.7 Å². The molecule has 2 aromatic rings. The summed E-state index contributed by atoms with van der Waals surface area (Å²) < 4.78 is 6.29. The summed E-state index contributed by atoms with van der Waals surface area (Å²) in [5.41, 5.74) is 7.63. The van der Waals surface area contributed by atoms with Gasteiger partial charge >= 0.3 is 0 Å². The molecule has 8 heteroatoms. The van der Waals surface area contributed by atoms with E-state index < -0.39 is 0 Å². The minimum Gasteiger partial charge on any atom is -0.489 e. The Bertz CT molecular complexity index is 1040. The molecule has 3 N–H and O–H groups in total. The van der Waals surface area contributed by atoms with Crippen molar-refractivity contribution in [3.05, 3.63) is 64.7 Å². The highest BCUT2D eigenvalue weighted by Crippen LogP contribution is 2.30. The van der Waals surface area contributed by atoms with E-state index in [1.54, 1.807) is 0 Å². The van der Waals surface area contributed by atoms with Gasteiger partial charge in [-0.3, -0.25) is 14.5 Å². The van der Waals surface area contributed by atoms with Gasteiger partial charge in [0, 0.05) is 51.6 Å². The summed E-state index contributed by atoms with van der Waals surface area (Å²) >= 11 is 6.65. The number of likely N-dealkylation sites (tertiary alicyclic amines) is 1. The van der Waals surface area contributed by atoms with Crippen molar-refractivity contribution in [1.82, 2.24) is 15.1 Å². The Morgan fingerprint density at radius 3 is 2.51 bits per heavy atom. The lowest BCUT2D eigenvalue weighted by Crippen LogP contribution is -2.41. The van der Waals surface area contributed by atoms with Crippen molar-refractivity contribution >= 4 is 23.4 Å². The molecule has 7 nitrogen and oxygen atoms in total. The fourth-order valence-corrected chi connectivity index (χ4v) is 5.55. The van der Waals surface area contributed by atoms with E-state index in [1.165, 1.54) is 5.56 Å². The van der Waals surface area contributed by atoms with Gasteiger partial charge in [0.05, 0.1) is 5.02 Å². The summed E-state index contributed by atoms with van der Waals surface area (Å²) in [5.74, 6) is 0.280. The lowest BCUT2D eigenvalue weighted by atomic mass is 10.0.